The van der Waals surface area contributed by atoms with E-state index >= 15 is 0 Å². The number of carbonyl (C=O) groups is 1. The van der Waals surface area contributed by atoms with Crippen LogP contribution in [0.25, 0.3) is 0 Å². The van der Waals surface area contributed by atoms with Gasteiger partial charge in [0.2, 0.25) is 5.91 Å². The molecular weight excluding hydrogens is 286 g/mol. The monoisotopic (exact) mass is 321 g/mol. The minimum atomic E-state index is 0.239. The fourth-order valence-electron chi connectivity index (χ4n) is 4.05. The summed E-state index contributed by atoms with van der Waals surface area (Å²) in [4.78, 5) is 17.6. The normalized spacial score (nSPS) is 28.2. The van der Waals surface area contributed by atoms with Crippen molar-refractivity contribution in [3.8, 4) is 0 Å². The topological polar surface area (TPSA) is 35.6 Å². The first-order chi connectivity index (χ1) is 11.1. The quantitative estimate of drug-likeness (QED) is 0.816. The average molecular weight is 322 g/mol. The van der Waals surface area contributed by atoms with Gasteiger partial charge < -0.3 is 10.2 Å². The highest BCUT2D eigenvalue weighted by molar-refractivity contribution is 5.79. The molecule has 0 radical (unpaired) electrons. The molecule has 3 fully saturated rings. The van der Waals surface area contributed by atoms with E-state index in [0.717, 1.165) is 18.9 Å². The van der Waals surface area contributed by atoms with E-state index in [0.29, 0.717) is 18.0 Å². The summed E-state index contributed by atoms with van der Waals surface area (Å²) < 4.78 is 0. The van der Waals surface area contributed by atoms with Gasteiger partial charge in [0.05, 0.1) is 5.92 Å². The number of likely N-dealkylation sites (tertiary alicyclic amines) is 2. The maximum atomic E-state index is 12.3. The minimum absolute atomic E-state index is 0.239. The molecule has 2 heterocycles. The first kappa shape index (κ1) is 17.2. The summed E-state index contributed by atoms with van der Waals surface area (Å²) in [5.41, 5.74) is 0. The molecule has 0 bridgehead atoms. The fourth-order valence-corrected chi connectivity index (χ4v) is 4.05. The molecule has 2 saturated heterocycles. The Morgan fingerprint density at radius 2 is 1.83 bits per heavy atom. The molecule has 0 unspecified atom stereocenters. The van der Waals surface area contributed by atoms with Crippen LogP contribution in [-0.4, -0.2) is 60.5 Å². The summed E-state index contributed by atoms with van der Waals surface area (Å²) in [6.45, 7) is 10.6. The van der Waals surface area contributed by atoms with Gasteiger partial charge in [0.15, 0.2) is 0 Å². The van der Waals surface area contributed by atoms with Gasteiger partial charge in [0.1, 0.15) is 0 Å². The zero-order chi connectivity index (χ0) is 16.2. The summed E-state index contributed by atoms with van der Waals surface area (Å²) in [5, 5.41) is 3.21. The van der Waals surface area contributed by atoms with E-state index in [1.807, 2.05) is 0 Å². The maximum Gasteiger partial charge on any atom is 0.224 e. The van der Waals surface area contributed by atoms with Crippen LogP contribution >= 0.6 is 0 Å². The van der Waals surface area contributed by atoms with Gasteiger partial charge in [-0.3, -0.25) is 9.69 Å². The van der Waals surface area contributed by atoms with Crippen LogP contribution < -0.4 is 5.32 Å². The highest BCUT2D eigenvalue weighted by Crippen LogP contribution is 2.26. The van der Waals surface area contributed by atoms with E-state index in [1.165, 1.54) is 64.7 Å². The zero-order valence-electron chi connectivity index (χ0n) is 15.1. The molecule has 23 heavy (non-hydrogen) atoms. The molecule has 132 valence electrons. The summed E-state index contributed by atoms with van der Waals surface area (Å²) in [6.07, 6.45) is 8.55. The third kappa shape index (κ3) is 5.18. The third-order valence-electron chi connectivity index (χ3n) is 5.84. The van der Waals surface area contributed by atoms with E-state index in [2.05, 4.69) is 29.0 Å². The fraction of sp³-hybridized carbons (Fsp3) is 0.947. The summed E-state index contributed by atoms with van der Waals surface area (Å²) in [6, 6.07) is 1.21. The molecule has 1 atom stereocenters. The van der Waals surface area contributed by atoms with Crippen LogP contribution in [0.4, 0.5) is 0 Å². The lowest BCUT2D eigenvalue weighted by Gasteiger charge is -2.42. The second-order valence-corrected chi connectivity index (χ2v) is 8.37. The van der Waals surface area contributed by atoms with Crippen molar-refractivity contribution in [2.45, 2.75) is 70.9 Å². The lowest BCUT2D eigenvalue weighted by atomic mass is 9.93. The van der Waals surface area contributed by atoms with Crippen LogP contribution in [0.3, 0.4) is 0 Å². The van der Waals surface area contributed by atoms with Crippen molar-refractivity contribution in [3.05, 3.63) is 0 Å². The number of carbonyl (C=O) groups excluding carboxylic acids is 1. The summed E-state index contributed by atoms with van der Waals surface area (Å²) >= 11 is 0. The first-order valence-electron chi connectivity index (χ1n) is 9.88. The lowest BCUT2D eigenvalue weighted by Crippen LogP contribution is -2.51. The van der Waals surface area contributed by atoms with Gasteiger partial charge in [-0.05, 0) is 77.0 Å². The second kappa shape index (κ2) is 7.98. The van der Waals surface area contributed by atoms with Crippen molar-refractivity contribution in [1.29, 1.82) is 0 Å². The molecular formula is C19H35N3O. The van der Waals surface area contributed by atoms with Gasteiger partial charge in [0.25, 0.3) is 0 Å². The van der Waals surface area contributed by atoms with Crippen molar-refractivity contribution >= 4 is 5.91 Å². The number of nitrogens with zero attached hydrogens (tertiary/aromatic N) is 2. The minimum Gasteiger partial charge on any atom is -0.353 e. The van der Waals surface area contributed by atoms with Gasteiger partial charge in [-0.2, -0.15) is 0 Å². The van der Waals surface area contributed by atoms with Gasteiger partial charge in [0, 0.05) is 18.6 Å². The second-order valence-electron chi connectivity index (χ2n) is 8.37. The summed E-state index contributed by atoms with van der Waals surface area (Å²) in [5.74, 6) is 1.37. The predicted octanol–water partition coefficient (Wildman–Crippen LogP) is 2.49. The number of piperidine rings is 2. The van der Waals surface area contributed by atoms with Crippen molar-refractivity contribution in [3.63, 3.8) is 0 Å². The lowest BCUT2D eigenvalue weighted by molar-refractivity contribution is -0.127. The van der Waals surface area contributed by atoms with E-state index in [-0.39, 0.29) is 5.92 Å². The van der Waals surface area contributed by atoms with Crippen LogP contribution in [0.2, 0.25) is 0 Å². The molecule has 1 saturated carbocycles. The Hall–Kier alpha value is -0.610. The molecule has 3 rings (SSSR count). The Kier molecular flexibility index (Phi) is 5.97. The largest absolute Gasteiger partial charge is 0.353 e. The molecule has 4 nitrogen and oxygen atoms in total. The highest BCUT2D eigenvalue weighted by Gasteiger charge is 2.33. The highest BCUT2D eigenvalue weighted by atomic mass is 16.2. The number of amides is 1. The van der Waals surface area contributed by atoms with Gasteiger partial charge >= 0.3 is 0 Å². The van der Waals surface area contributed by atoms with Crippen LogP contribution in [0.5, 0.6) is 0 Å². The zero-order valence-corrected chi connectivity index (χ0v) is 15.1. The van der Waals surface area contributed by atoms with Crippen molar-refractivity contribution in [1.82, 2.24) is 15.1 Å². The Bertz CT molecular complexity index is 386. The standard InChI is InChI=1S/C19H35N3O/c1-15(2)7-11-21-12-8-18(9-13-21)22-10-3-4-16(14-22)19(23)20-17-5-6-17/h15-18H,3-14H2,1-2H3,(H,20,23)/t16-/m1/s1. The smallest absolute Gasteiger partial charge is 0.224 e. The maximum absolute atomic E-state index is 12.3. The Morgan fingerprint density at radius 3 is 2.48 bits per heavy atom. The molecule has 0 aromatic rings. The molecule has 3 aliphatic rings. The van der Waals surface area contributed by atoms with Crippen molar-refractivity contribution < 1.29 is 4.79 Å². The Labute approximate surface area is 142 Å². The van der Waals surface area contributed by atoms with Crippen molar-refractivity contribution in [2.24, 2.45) is 11.8 Å². The average Bonchev–Trinajstić information content (AvgIpc) is 3.37. The molecule has 0 spiro atoms. The number of nitrogens with one attached hydrogen (secondary N) is 1. The van der Waals surface area contributed by atoms with Crippen LogP contribution in [-0.2, 0) is 4.79 Å². The van der Waals surface area contributed by atoms with Gasteiger partial charge in [-0.15, -0.1) is 0 Å². The van der Waals surface area contributed by atoms with E-state index in [1.54, 1.807) is 0 Å². The molecule has 0 aromatic carbocycles. The van der Waals surface area contributed by atoms with Gasteiger partial charge in [-0.1, -0.05) is 13.8 Å². The van der Waals surface area contributed by atoms with E-state index < -0.39 is 0 Å². The molecule has 4 heteroatoms. The Balaban J connectivity index is 1.41. The van der Waals surface area contributed by atoms with Crippen LogP contribution in [0.1, 0.15) is 58.8 Å². The predicted molar refractivity (Wildman–Crippen MR) is 94.4 cm³/mol. The molecule has 1 amide bonds. The number of hydrogen-bond acceptors (Lipinski definition) is 3. The molecule has 2 aliphatic heterocycles. The molecule has 0 aromatic heterocycles. The Morgan fingerprint density at radius 1 is 1.09 bits per heavy atom. The summed E-state index contributed by atoms with van der Waals surface area (Å²) in [7, 11) is 0. The van der Waals surface area contributed by atoms with Crippen molar-refractivity contribution in [2.75, 3.05) is 32.7 Å². The number of rotatable bonds is 6. The van der Waals surface area contributed by atoms with Crippen LogP contribution in [0, 0.1) is 11.8 Å². The first-order valence-corrected chi connectivity index (χ1v) is 9.88. The molecule has 1 N–H and O–H groups in total. The van der Waals surface area contributed by atoms with Crippen LogP contribution in [0.15, 0.2) is 0 Å². The molecule has 1 aliphatic carbocycles. The van der Waals surface area contributed by atoms with E-state index in [4.69, 9.17) is 0 Å². The van der Waals surface area contributed by atoms with Gasteiger partial charge in [-0.25, -0.2) is 0 Å². The van der Waals surface area contributed by atoms with E-state index in [9.17, 15) is 4.79 Å². The SMILES string of the molecule is CC(C)CCN1CCC(N2CCC[C@@H](C(=O)NC3CC3)C2)CC1. The number of hydrogen-bond donors (Lipinski definition) is 1. The third-order valence-corrected chi connectivity index (χ3v) is 5.84.